The average molecular weight is 365 g/mol. The van der Waals surface area contributed by atoms with Gasteiger partial charge in [0, 0.05) is 4.83 Å². The zero-order valence-electron chi connectivity index (χ0n) is 12.6. The summed E-state index contributed by atoms with van der Waals surface area (Å²) in [6, 6.07) is 5.62. The van der Waals surface area contributed by atoms with Crippen molar-refractivity contribution in [1.29, 1.82) is 0 Å². The summed E-state index contributed by atoms with van der Waals surface area (Å²) in [5.41, 5.74) is 0.153. The molecule has 21 heavy (non-hydrogen) atoms. The fraction of sp³-hybridized carbons (Fsp3) is 0.647. The van der Waals surface area contributed by atoms with Gasteiger partial charge in [-0.15, -0.1) is 0 Å². The van der Waals surface area contributed by atoms with Crippen LogP contribution in [0.15, 0.2) is 24.3 Å². The Bertz CT molecular complexity index is 401. The number of unbranched alkanes of at least 4 members (excludes halogenated alkanes) is 6. The molecule has 1 aromatic rings. The van der Waals surface area contributed by atoms with Gasteiger partial charge in [-0.05, 0) is 18.1 Å². The molecule has 120 valence electrons. The van der Waals surface area contributed by atoms with Gasteiger partial charge in [-0.3, -0.25) is 0 Å². The van der Waals surface area contributed by atoms with Crippen LogP contribution in [-0.4, -0.2) is 0 Å². The Labute approximate surface area is 134 Å². The molecule has 0 nitrogen and oxygen atoms in total. The highest BCUT2D eigenvalue weighted by Gasteiger charge is 2.30. The fourth-order valence-electron chi connectivity index (χ4n) is 2.36. The normalized spacial score (nSPS) is 13.4. The minimum atomic E-state index is -4.26. The third-order valence-corrected chi connectivity index (χ3v) is 4.62. The van der Waals surface area contributed by atoms with Crippen LogP contribution in [0.3, 0.4) is 0 Å². The number of rotatable bonds is 9. The lowest BCUT2D eigenvalue weighted by Crippen LogP contribution is -2.05. The summed E-state index contributed by atoms with van der Waals surface area (Å²) in [5.74, 6) is 0. The number of alkyl halides is 4. The van der Waals surface area contributed by atoms with Crippen molar-refractivity contribution in [3.63, 3.8) is 0 Å². The molecule has 0 aliphatic heterocycles. The first-order chi connectivity index (χ1) is 9.95. The van der Waals surface area contributed by atoms with Crippen LogP contribution in [-0.2, 0) is 6.18 Å². The van der Waals surface area contributed by atoms with Crippen LogP contribution < -0.4 is 0 Å². The summed E-state index contributed by atoms with van der Waals surface area (Å²) in [7, 11) is 0. The molecule has 1 aromatic carbocycles. The molecule has 0 aromatic heterocycles. The molecule has 0 saturated carbocycles. The van der Waals surface area contributed by atoms with Crippen molar-refractivity contribution in [3.05, 3.63) is 35.4 Å². The van der Waals surface area contributed by atoms with Gasteiger partial charge >= 0.3 is 6.18 Å². The van der Waals surface area contributed by atoms with Crippen LogP contribution in [0.4, 0.5) is 13.2 Å². The van der Waals surface area contributed by atoms with Crippen molar-refractivity contribution in [2.24, 2.45) is 0 Å². The van der Waals surface area contributed by atoms with Gasteiger partial charge in [-0.1, -0.05) is 86.0 Å². The van der Waals surface area contributed by atoms with Gasteiger partial charge in [0.2, 0.25) is 0 Å². The molecule has 0 N–H and O–H groups in total. The lowest BCUT2D eigenvalue weighted by atomic mass is 10.0. The molecule has 0 saturated heterocycles. The van der Waals surface area contributed by atoms with E-state index in [4.69, 9.17) is 0 Å². The summed E-state index contributed by atoms with van der Waals surface area (Å²) in [4.78, 5) is 0.00967. The van der Waals surface area contributed by atoms with Crippen LogP contribution >= 0.6 is 15.9 Å². The van der Waals surface area contributed by atoms with E-state index < -0.39 is 11.7 Å². The standard InChI is InChI=1S/C17H24BrF3/c1-2-3-4-5-6-7-8-12-16(18)14-10-9-11-15(13-14)17(19,20)21/h9-11,13,16H,2-8,12H2,1H3. The zero-order chi connectivity index (χ0) is 15.7. The van der Waals surface area contributed by atoms with E-state index in [9.17, 15) is 13.2 Å². The minimum absolute atomic E-state index is 0.00967. The van der Waals surface area contributed by atoms with E-state index in [1.165, 1.54) is 44.2 Å². The molecule has 0 bridgehead atoms. The van der Waals surface area contributed by atoms with Crippen molar-refractivity contribution in [1.82, 2.24) is 0 Å². The number of benzene rings is 1. The Morgan fingerprint density at radius 3 is 2.24 bits per heavy atom. The monoisotopic (exact) mass is 364 g/mol. The topological polar surface area (TPSA) is 0 Å². The van der Waals surface area contributed by atoms with Crippen molar-refractivity contribution in [3.8, 4) is 0 Å². The molecule has 1 rings (SSSR count). The fourth-order valence-corrected chi connectivity index (χ4v) is 2.97. The Balaban J connectivity index is 2.34. The number of hydrogen-bond donors (Lipinski definition) is 0. The van der Waals surface area contributed by atoms with E-state index in [0.717, 1.165) is 30.9 Å². The first kappa shape index (κ1) is 18.5. The third-order valence-electron chi connectivity index (χ3n) is 3.64. The SMILES string of the molecule is CCCCCCCCCC(Br)c1cccc(C(F)(F)F)c1. The maximum Gasteiger partial charge on any atom is 0.416 e. The smallest absolute Gasteiger partial charge is 0.166 e. The molecular weight excluding hydrogens is 341 g/mol. The Kier molecular flexibility index (Phi) is 8.38. The van der Waals surface area contributed by atoms with Gasteiger partial charge in [0.05, 0.1) is 5.56 Å². The predicted molar refractivity (Wildman–Crippen MR) is 85.7 cm³/mol. The summed E-state index contributed by atoms with van der Waals surface area (Å²) in [6.45, 7) is 2.20. The highest BCUT2D eigenvalue weighted by Crippen LogP contribution is 2.34. The average Bonchev–Trinajstić information content (AvgIpc) is 2.45. The molecule has 4 heteroatoms. The maximum absolute atomic E-state index is 12.7. The molecule has 0 amide bonds. The summed E-state index contributed by atoms with van der Waals surface area (Å²) < 4.78 is 38.0. The van der Waals surface area contributed by atoms with E-state index >= 15 is 0 Å². The molecule has 1 atom stereocenters. The Hall–Kier alpha value is -0.510. The van der Waals surface area contributed by atoms with Gasteiger partial charge in [0.1, 0.15) is 0 Å². The van der Waals surface area contributed by atoms with Crippen molar-refractivity contribution in [2.45, 2.75) is 69.3 Å². The molecular formula is C17H24BrF3. The van der Waals surface area contributed by atoms with Gasteiger partial charge < -0.3 is 0 Å². The highest BCUT2D eigenvalue weighted by molar-refractivity contribution is 9.09. The van der Waals surface area contributed by atoms with Crippen LogP contribution in [0.1, 0.15) is 74.2 Å². The second-order valence-corrected chi connectivity index (χ2v) is 6.61. The summed E-state index contributed by atoms with van der Waals surface area (Å²) >= 11 is 3.51. The quantitative estimate of drug-likeness (QED) is 0.319. The maximum atomic E-state index is 12.7. The zero-order valence-corrected chi connectivity index (χ0v) is 14.1. The first-order valence-corrected chi connectivity index (χ1v) is 8.68. The van der Waals surface area contributed by atoms with Gasteiger partial charge in [0.25, 0.3) is 0 Å². The Morgan fingerprint density at radius 1 is 1.00 bits per heavy atom. The predicted octanol–water partition coefficient (Wildman–Crippen LogP) is 7.28. The molecule has 0 fully saturated rings. The van der Waals surface area contributed by atoms with Gasteiger partial charge in [-0.25, -0.2) is 0 Å². The van der Waals surface area contributed by atoms with E-state index in [-0.39, 0.29) is 4.83 Å². The Morgan fingerprint density at radius 2 is 1.62 bits per heavy atom. The van der Waals surface area contributed by atoms with Crippen LogP contribution in [0.25, 0.3) is 0 Å². The largest absolute Gasteiger partial charge is 0.416 e. The van der Waals surface area contributed by atoms with E-state index in [1.54, 1.807) is 6.07 Å². The minimum Gasteiger partial charge on any atom is -0.166 e. The van der Waals surface area contributed by atoms with Crippen molar-refractivity contribution >= 4 is 15.9 Å². The summed E-state index contributed by atoms with van der Waals surface area (Å²) in [6.07, 6.45) is 5.17. The molecule has 0 aliphatic carbocycles. The van der Waals surface area contributed by atoms with E-state index in [1.807, 2.05) is 0 Å². The molecule has 0 radical (unpaired) electrons. The van der Waals surface area contributed by atoms with Crippen molar-refractivity contribution < 1.29 is 13.2 Å². The molecule has 0 heterocycles. The highest BCUT2D eigenvalue weighted by atomic mass is 79.9. The number of hydrogen-bond acceptors (Lipinski definition) is 0. The van der Waals surface area contributed by atoms with Gasteiger partial charge in [-0.2, -0.15) is 13.2 Å². The van der Waals surface area contributed by atoms with Crippen LogP contribution in [0.5, 0.6) is 0 Å². The summed E-state index contributed by atoms with van der Waals surface area (Å²) in [5, 5.41) is 0. The first-order valence-electron chi connectivity index (χ1n) is 7.76. The van der Waals surface area contributed by atoms with E-state index in [0.29, 0.717) is 0 Å². The lowest BCUT2D eigenvalue weighted by Gasteiger charge is -2.13. The second kappa shape index (κ2) is 9.50. The van der Waals surface area contributed by atoms with E-state index in [2.05, 4.69) is 22.9 Å². The second-order valence-electron chi connectivity index (χ2n) is 5.50. The van der Waals surface area contributed by atoms with Crippen molar-refractivity contribution in [2.75, 3.05) is 0 Å². The van der Waals surface area contributed by atoms with Gasteiger partial charge in [0.15, 0.2) is 0 Å². The third kappa shape index (κ3) is 7.35. The van der Waals surface area contributed by atoms with Crippen LogP contribution in [0, 0.1) is 0 Å². The lowest BCUT2D eigenvalue weighted by molar-refractivity contribution is -0.137. The molecule has 0 spiro atoms. The molecule has 1 unspecified atom stereocenters. The molecule has 0 aliphatic rings. The number of halogens is 4. The van der Waals surface area contributed by atoms with Crippen LogP contribution in [0.2, 0.25) is 0 Å².